The van der Waals surface area contributed by atoms with E-state index in [1.54, 1.807) is 0 Å². The lowest BCUT2D eigenvalue weighted by Gasteiger charge is -2.17. The van der Waals surface area contributed by atoms with Crippen molar-refractivity contribution in [3.63, 3.8) is 0 Å². The average molecular weight is 221 g/mol. The van der Waals surface area contributed by atoms with Gasteiger partial charge in [-0.05, 0) is 44.0 Å². The van der Waals surface area contributed by atoms with Crippen molar-refractivity contribution in [3.05, 3.63) is 23.3 Å². The fraction of sp³-hybridized carbons (Fsp3) is 0.462. The first-order chi connectivity index (χ1) is 7.41. The second-order valence-electron chi connectivity index (χ2n) is 4.29. The standard InChI is InChI=1S/C13H19NO2/c1-9-6-12(14(4)5)7-10(2)13(9)16-8-11(3)15/h6-7H,8H2,1-5H3. The van der Waals surface area contributed by atoms with Crippen LogP contribution in [0.1, 0.15) is 18.1 Å². The summed E-state index contributed by atoms with van der Waals surface area (Å²) in [7, 11) is 4.01. The molecule has 0 fully saturated rings. The Morgan fingerprint density at radius 2 is 1.75 bits per heavy atom. The molecule has 16 heavy (non-hydrogen) atoms. The van der Waals surface area contributed by atoms with E-state index >= 15 is 0 Å². The fourth-order valence-corrected chi connectivity index (χ4v) is 1.59. The predicted octanol–water partition coefficient (Wildman–Crippen LogP) is 2.34. The van der Waals surface area contributed by atoms with Gasteiger partial charge in [-0.25, -0.2) is 0 Å². The van der Waals surface area contributed by atoms with Crippen molar-refractivity contribution in [1.29, 1.82) is 0 Å². The minimum absolute atomic E-state index is 0.0375. The Morgan fingerprint density at radius 3 is 2.12 bits per heavy atom. The second-order valence-corrected chi connectivity index (χ2v) is 4.29. The van der Waals surface area contributed by atoms with Crippen molar-refractivity contribution in [2.75, 3.05) is 25.6 Å². The molecule has 3 nitrogen and oxygen atoms in total. The average Bonchev–Trinajstić information content (AvgIpc) is 2.15. The van der Waals surface area contributed by atoms with Crippen molar-refractivity contribution in [3.8, 4) is 5.75 Å². The van der Waals surface area contributed by atoms with E-state index in [1.807, 2.05) is 27.9 Å². The largest absolute Gasteiger partial charge is 0.485 e. The van der Waals surface area contributed by atoms with Crippen LogP contribution >= 0.6 is 0 Å². The molecule has 0 radical (unpaired) electrons. The Morgan fingerprint density at radius 1 is 1.25 bits per heavy atom. The van der Waals surface area contributed by atoms with E-state index in [4.69, 9.17) is 4.74 Å². The summed E-state index contributed by atoms with van der Waals surface area (Å²) in [5, 5.41) is 0. The lowest BCUT2D eigenvalue weighted by molar-refractivity contribution is -0.118. The van der Waals surface area contributed by atoms with E-state index in [0.29, 0.717) is 0 Å². The Hall–Kier alpha value is -1.51. The highest BCUT2D eigenvalue weighted by atomic mass is 16.5. The zero-order chi connectivity index (χ0) is 12.3. The van der Waals surface area contributed by atoms with E-state index in [0.717, 1.165) is 22.6 Å². The van der Waals surface area contributed by atoms with Crippen LogP contribution in [0, 0.1) is 13.8 Å². The van der Waals surface area contributed by atoms with Crippen molar-refractivity contribution >= 4 is 11.5 Å². The summed E-state index contributed by atoms with van der Waals surface area (Å²) in [5.74, 6) is 0.858. The van der Waals surface area contributed by atoms with Crippen LogP contribution in [-0.4, -0.2) is 26.5 Å². The maximum atomic E-state index is 10.9. The number of Topliss-reactive ketones (excluding diaryl/α,β-unsaturated/α-hetero) is 1. The predicted molar refractivity (Wildman–Crippen MR) is 66.4 cm³/mol. The second kappa shape index (κ2) is 5.01. The molecule has 0 bridgehead atoms. The summed E-state index contributed by atoms with van der Waals surface area (Å²) < 4.78 is 5.50. The van der Waals surface area contributed by atoms with Gasteiger partial charge in [0.05, 0.1) is 0 Å². The van der Waals surface area contributed by atoms with Crippen LogP contribution in [0.4, 0.5) is 5.69 Å². The molecular formula is C13H19NO2. The highest BCUT2D eigenvalue weighted by Crippen LogP contribution is 2.28. The van der Waals surface area contributed by atoms with Crippen LogP contribution < -0.4 is 9.64 Å². The molecule has 0 aliphatic carbocycles. The molecule has 0 aromatic heterocycles. The lowest BCUT2D eigenvalue weighted by Crippen LogP contribution is -2.11. The molecule has 0 amide bonds. The van der Waals surface area contributed by atoms with Gasteiger partial charge < -0.3 is 9.64 Å². The normalized spacial score (nSPS) is 10.1. The molecule has 1 aromatic carbocycles. The third-order valence-corrected chi connectivity index (χ3v) is 2.38. The van der Waals surface area contributed by atoms with E-state index in [9.17, 15) is 4.79 Å². The first-order valence-corrected chi connectivity index (χ1v) is 5.32. The molecule has 0 aliphatic rings. The van der Waals surface area contributed by atoms with Gasteiger partial charge in [-0.15, -0.1) is 0 Å². The summed E-state index contributed by atoms with van der Waals surface area (Å²) in [5.41, 5.74) is 3.26. The quantitative estimate of drug-likeness (QED) is 0.781. The van der Waals surface area contributed by atoms with Gasteiger partial charge in [-0.1, -0.05) is 0 Å². The van der Waals surface area contributed by atoms with Crippen LogP contribution in [0.5, 0.6) is 5.75 Å². The van der Waals surface area contributed by atoms with E-state index < -0.39 is 0 Å². The maximum Gasteiger partial charge on any atom is 0.167 e. The van der Waals surface area contributed by atoms with Crippen LogP contribution in [0.15, 0.2) is 12.1 Å². The molecule has 0 heterocycles. The number of aryl methyl sites for hydroxylation is 2. The monoisotopic (exact) mass is 221 g/mol. The number of hydrogen-bond acceptors (Lipinski definition) is 3. The third kappa shape index (κ3) is 2.99. The van der Waals surface area contributed by atoms with Gasteiger partial charge in [0.2, 0.25) is 0 Å². The summed E-state index contributed by atoms with van der Waals surface area (Å²) in [6.45, 7) is 5.66. The topological polar surface area (TPSA) is 29.5 Å². The maximum absolute atomic E-state index is 10.9. The van der Waals surface area contributed by atoms with Gasteiger partial charge in [0, 0.05) is 19.8 Å². The minimum Gasteiger partial charge on any atom is -0.485 e. The lowest BCUT2D eigenvalue weighted by atomic mass is 10.1. The van der Waals surface area contributed by atoms with Crippen LogP contribution in [0.2, 0.25) is 0 Å². The van der Waals surface area contributed by atoms with Crippen molar-refractivity contribution in [2.45, 2.75) is 20.8 Å². The Kier molecular flexibility index (Phi) is 3.93. The number of ketones is 1. The molecule has 1 aromatic rings. The van der Waals surface area contributed by atoms with E-state index in [1.165, 1.54) is 6.92 Å². The summed E-state index contributed by atoms with van der Waals surface area (Å²) in [4.78, 5) is 12.9. The minimum atomic E-state index is 0.0375. The van der Waals surface area contributed by atoms with Crippen molar-refractivity contribution in [2.24, 2.45) is 0 Å². The Bertz CT molecular complexity index is 374. The number of carbonyl (C=O) groups is 1. The van der Waals surface area contributed by atoms with Crippen molar-refractivity contribution in [1.82, 2.24) is 0 Å². The Labute approximate surface area is 97.0 Å². The molecule has 3 heteroatoms. The summed E-state index contributed by atoms with van der Waals surface area (Å²) >= 11 is 0. The number of carbonyl (C=O) groups excluding carboxylic acids is 1. The molecule has 0 spiro atoms. The highest BCUT2D eigenvalue weighted by molar-refractivity contribution is 5.77. The van der Waals surface area contributed by atoms with Crippen molar-refractivity contribution < 1.29 is 9.53 Å². The number of rotatable bonds is 4. The van der Waals surface area contributed by atoms with Gasteiger partial charge in [0.1, 0.15) is 12.4 Å². The number of hydrogen-bond donors (Lipinski definition) is 0. The molecule has 0 atom stereocenters. The molecule has 88 valence electrons. The zero-order valence-corrected chi connectivity index (χ0v) is 10.6. The number of anilines is 1. The highest BCUT2D eigenvalue weighted by Gasteiger charge is 2.08. The van der Waals surface area contributed by atoms with E-state index in [-0.39, 0.29) is 12.4 Å². The molecule has 0 N–H and O–H groups in total. The fourth-order valence-electron chi connectivity index (χ4n) is 1.59. The molecule has 0 unspecified atom stereocenters. The van der Waals surface area contributed by atoms with Crippen LogP contribution in [-0.2, 0) is 4.79 Å². The first-order valence-electron chi connectivity index (χ1n) is 5.32. The molecule has 0 aliphatic heterocycles. The van der Waals surface area contributed by atoms with Crippen LogP contribution in [0.25, 0.3) is 0 Å². The van der Waals surface area contributed by atoms with Gasteiger partial charge >= 0.3 is 0 Å². The van der Waals surface area contributed by atoms with E-state index in [2.05, 4.69) is 17.0 Å². The molecule has 1 rings (SSSR count). The van der Waals surface area contributed by atoms with Gasteiger partial charge in [0.15, 0.2) is 5.78 Å². The Balaban J connectivity index is 2.98. The smallest absolute Gasteiger partial charge is 0.167 e. The number of benzene rings is 1. The zero-order valence-electron chi connectivity index (χ0n) is 10.6. The first kappa shape index (κ1) is 12.6. The summed E-state index contributed by atoms with van der Waals surface area (Å²) in [6.07, 6.45) is 0. The summed E-state index contributed by atoms with van der Waals surface area (Å²) in [6, 6.07) is 4.12. The molecule has 0 saturated heterocycles. The third-order valence-electron chi connectivity index (χ3n) is 2.38. The van der Waals surface area contributed by atoms with Gasteiger partial charge in [0.25, 0.3) is 0 Å². The van der Waals surface area contributed by atoms with Gasteiger partial charge in [-0.2, -0.15) is 0 Å². The number of ether oxygens (including phenoxy) is 1. The number of nitrogens with zero attached hydrogens (tertiary/aromatic N) is 1. The van der Waals surface area contributed by atoms with Gasteiger partial charge in [-0.3, -0.25) is 4.79 Å². The molecule has 0 saturated carbocycles. The van der Waals surface area contributed by atoms with Crippen LogP contribution in [0.3, 0.4) is 0 Å². The SMILES string of the molecule is CC(=O)COc1c(C)cc(N(C)C)cc1C. The molecular weight excluding hydrogens is 202 g/mol.